The third kappa shape index (κ3) is 2.15. The van der Waals surface area contributed by atoms with Gasteiger partial charge < -0.3 is 9.47 Å². The fraction of sp³-hybridized carbons (Fsp3) is 0.333. The van der Waals surface area contributed by atoms with E-state index in [-0.39, 0.29) is 0 Å². The zero-order chi connectivity index (χ0) is 12.4. The summed E-state index contributed by atoms with van der Waals surface area (Å²) in [5, 5.41) is 10.1. The second-order valence-corrected chi connectivity index (χ2v) is 5.21. The summed E-state index contributed by atoms with van der Waals surface area (Å²) < 4.78 is 11.2. The molecule has 0 saturated heterocycles. The number of halogens is 1. The first-order valence-electron chi connectivity index (χ1n) is 5.66. The maximum absolute atomic E-state index is 5.70. The molecular formula is C12H11ClN2O2S. The lowest BCUT2D eigenvalue weighted by Gasteiger charge is -2.19. The van der Waals surface area contributed by atoms with Crippen LogP contribution in [0.2, 0.25) is 0 Å². The summed E-state index contributed by atoms with van der Waals surface area (Å²) in [6.45, 7) is 1.15. The van der Waals surface area contributed by atoms with Gasteiger partial charge in [0.15, 0.2) is 16.5 Å². The van der Waals surface area contributed by atoms with Crippen LogP contribution in [0.5, 0.6) is 11.5 Å². The van der Waals surface area contributed by atoms with E-state index >= 15 is 0 Å². The zero-order valence-corrected chi connectivity index (χ0v) is 11.1. The highest BCUT2D eigenvalue weighted by Gasteiger charge is 2.19. The van der Waals surface area contributed by atoms with E-state index in [4.69, 9.17) is 21.1 Å². The van der Waals surface area contributed by atoms with E-state index in [0.717, 1.165) is 33.5 Å². The number of para-hydroxylation sites is 1. The molecule has 1 aliphatic heterocycles. The van der Waals surface area contributed by atoms with Crippen LogP contribution in [0.4, 0.5) is 0 Å². The average Bonchev–Trinajstić information content (AvgIpc) is 2.87. The molecule has 4 nitrogen and oxygen atoms in total. The van der Waals surface area contributed by atoms with Crippen molar-refractivity contribution in [1.29, 1.82) is 0 Å². The molecule has 6 heteroatoms. The largest absolute Gasteiger partial charge is 0.486 e. The van der Waals surface area contributed by atoms with Crippen LogP contribution >= 0.6 is 22.9 Å². The molecule has 0 bridgehead atoms. The molecule has 0 atom stereocenters. The van der Waals surface area contributed by atoms with Crippen molar-refractivity contribution < 1.29 is 9.47 Å². The van der Waals surface area contributed by atoms with Crippen LogP contribution in [0.3, 0.4) is 0 Å². The zero-order valence-electron chi connectivity index (χ0n) is 9.56. The summed E-state index contributed by atoms with van der Waals surface area (Å²) in [6, 6.07) is 5.81. The van der Waals surface area contributed by atoms with Crippen molar-refractivity contribution in [2.24, 2.45) is 0 Å². The molecule has 0 aliphatic carbocycles. The summed E-state index contributed by atoms with van der Waals surface area (Å²) >= 11 is 7.24. The standard InChI is InChI=1S/C12H11ClN2O2S/c13-5-4-10-14-15-12(18-10)8-2-1-3-9-11(8)17-7-6-16-9/h1-3H,4-7H2. The molecule has 1 aromatic carbocycles. The Hall–Kier alpha value is -1.33. The topological polar surface area (TPSA) is 44.2 Å². The fourth-order valence-electron chi connectivity index (χ4n) is 1.79. The normalized spacial score (nSPS) is 13.6. The van der Waals surface area contributed by atoms with Gasteiger partial charge in [-0.25, -0.2) is 0 Å². The molecule has 3 rings (SSSR count). The number of aromatic nitrogens is 2. The average molecular weight is 283 g/mol. The predicted molar refractivity (Wildman–Crippen MR) is 70.8 cm³/mol. The second kappa shape index (κ2) is 5.12. The van der Waals surface area contributed by atoms with Gasteiger partial charge in [-0.1, -0.05) is 17.4 Å². The molecular weight excluding hydrogens is 272 g/mol. The van der Waals surface area contributed by atoms with Gasteiger partial charge >= 0.3 is 0 Å². The van der Waals surface area contributed by atoms with E-state index in [2.05, 4.69) is 10.2 Å². The Morgan fingerprint density at radius 1 is 1.22 bits per heavy atom. The first-order valence-corrected chi connectivity index (χ1v) is 7.01. The smallest absolute Gasteiger partial charge is 0.171 e. The molecule has 0 N–H and O–H groups in total. The SMILES string of the molecule is ClCCc1nnc(-c2cccc3c2OCCO3)s1. The molecule has 0 saturated carbocycles. The van der Waals surface area contributed by atoms with Gasteiger partial charge in [0, 0.05) is 12.3 Å². The van der Waals surface area contributed by atoms with E-state index in [9.17, 15) is 0 Å². The third-order valence-corrected chi connectivity index (χ3v) is 3.78. The van der Waals surface area contributed by atoms with Gasteiger partial charge in [0.25, 0.3) is 0 Å². The van der Waals surface area contributed by atoms with Crippen LogP contribution in [0, 0.1) is 0 Å². The second-order valence-electron chi connectivity index (χ2n) is 3.77. The van der Waals surface area contributed by atoms with E-state index < -0.39 is 0 Å². The minimum absolute atomic E-state index is 0.557. The number of fused-ring (bicyclic) bond motifs is 1. The van der Waals surface area contributed by atoms with E-state index in [0.29, 0.717) is 19.1 Å². The van der Waals surface area contributed by atoms with Crippen molar-refractivity contribution in [2.45, 2.75) is 6.42 Å². The third-order valence-electron chi connectivity index (χ3n) is 2.57. The summed E-state index contributed by atoms with van der Waals surface area (Å²) in [6.07, 6.45) is 0.742. The molecule has 2 heterocycles. The molecule has 0 radical (unpaired) electrons. The maximum atomic E-state index is 5.70. The monoisotopic (exact) mass is 282 g/mol. The van der Waals surface area contributed by atoms with Crippen LogP contribution in [0.1, 0.15) is 5.01 Å². The summed E-state index contributed by atoms with van der Waals surface area (Å²) in [5.41, 5.74) is 0.936. The van der Waals surface area contributed by atoms with Crippen molar-refractivity contribution >= 4 is 22.9 Å². The summed E-state index contributed by atoms with van der Waals surface area (Å²) in [4.78, 5) is 0. The highest BCUT2D eigenvalue weighted by atomic mass is 35.5. The van der Waals surface area contributed by atoms with Gasteiger partial charge in [-0.05, 0) is 12.1 Å². The molecule has 0 unspecified atom stereocenters. The lowest BCUT2D eigenvalue weighted by molar-refractivity contribution is 0.172. The lowest BCUT2D eigenvalue weighted by Crippen LogP contribution is -2.15. The molecule has 1 aliphatic rings. The van der Waals surface area contributed by atoms with Crippen molar-refractivity contribution in [3.8, 4) is 22.1 Å². The minimum Gasteiger partial charge on any atom is -0.486 e. The quantitative estimate of drug-likeness (QED) is 0.812. The lowest BCUT2D eigenvalue weighted by atomic mass is 10.2. The van der Waals surface area contributed by atoms with Gasteiger partial charge in [-0.15, -0.1) is 21.8 Å². The highest BCUT2D eigenvalue weighted by Crippen LogP contribution is 2.40. The number of alkyl halides is 1. The Morgan fingerprint density at radius 2 is 2.11 bits per heavy atom. The number of hydrogen-bond acceptors (Lipinski definition) is 5. The molecule has 18 heavy (non-hydrogen) atoms. The predicted octanol–water partition coefficient (Wildman–Crippen LogP) is 2.76. The van der Waals surface area contributed by atoms with E-state index in [1.807, 2.05) is 18.2 Å². The first kappa shape index (κ1) is 11.7. The summed E-state index contributed by atoms with van der Waals surface area (Å²) in [5.74, 6) is 2.09. The van der Waals surface area contributed by atoms with Crippen LogP contribution < -0.4 is 9.47 Å². The Kier molecular flexibility index (Phi) is 3.34. The first-order chi connectivity index (χ1) is 8.88. The van der Waals surface area contributed by atoms with Crippen molar-refractivity contribution in [2.75, 3.05) is 19.1 Å². The van der Waals surface area contributed by atoms with Crippen molar-refractivity contribution in [3.05, 3.63) is 23.2 Å². The van der Waals surface area contributed by atoms with Gasteiger partial charge in [0.2, 0.25) is 0 Å². The minimum atomic E-state index is 0.557. The van der Waals surface area contributed by atoms with E-state index in [1.54, 1.807) is 11.3 Å². The van der Waals surface area contributed by atoms with Gasteiger partial charge in [-0.2, -0.15) is 0 Å². The van der Waals surface area contributed by atoms with Gasteiger partial charge in [-0.3, -0.25) is 0 Å². The highest BCUT2D eigenvalue weighted by molar-refractivity contribution is 7.14. The van der Waals surface area contributed by atoms with Crippen LogP contribution in [-0.2, 0) is 6.42 Å². The Labute approximate surface area is 114 Å². The molecule has 0 spiro atoms. The molecule has 94 valence electrons. The van der Waals surface area contributed by atoms with Gasteiger partial charge in [0.05, 0.1) is 5.56 Å². The van der Waals surface area contributed by atoms with Crippen LogP contribution in [-0.4, -0.2) is 29.3 Å². The summed E-state index contributed by atoms with van der Waals surface area (Å²) in [7, 11) is 0. The number of rotatable bonds is 3. The van der Waals surface area contributed by atoms with Crippen LogP contribution in [0.15, 0.2) is 18.2 Å². The number of aryl methyl sites for hydroxylation is 1. The van der Waals surface area contributed by atoms with Gasteiger partial charge in [0.1, 0.15) is 18.2 Å². The molecule has 2 aromatic rings. The van der Waals surface area contributed by atoms with Crippen molar-refractivity contribution in [3.63, 3.8) is 0 Å². The molecule has 0 amide bonds. The number of hydrogen-bond donors (Lipinski definition) is 0. The number of ether oxygens (including phenoxy) is 2. The molecule has 1 aromatic heterocycles. The van der Waals surface area contributed by atoms with Crippen molar-refractivity contribution in [1.82, 2.24) is 10.2 Å². The fourth-order valence-corrected chi connectivity index (χ4v) is 2.94. The Bertz CT molecular complexity index is 559. The number of benzene rings is 1. The van der Waals surface area contributed by atoms with Crippen LogP contribution in [0.25, 0.3) is 10.6 Å². The molecule has 0 fully saturated rings. The number of nitrogens with zero attached hydrogens (tertiary/aromatic N) is 2. The Morgan fingerprint density at radius 3 is 3.00 bits per heavy atom. The maximum Gasteiger partial charge on any atom is 0.171 e. The Balaban J connectivity index is 2.00. The van der Waals surface area contributed by atoms with E-state index in [1.165, 1.54) is 0 Å².